The van der Waals surface area contributed by atoms with Crippen LogP contribution in [0.4, 0.5) is 0 Å². The summed E-state index contributed by atoms with van der Waals surface area (Å²) in [6.45, 7) is 0.0440. The molecule has 1 amide bonds. The molecule has 0 heterocycles. The maximum atomic E-state index is 11.9. The van der Waals surface area contributed by atoms with Crippen LogP contribution < -0.4 is 5.32 Å². The van der Waals surface area contributed by atoms with E-state index in [1.54, 1.807) is 0 Å². The normalized spacial score (nSPS) is 11.5. The van der Waals surface area contributed by atoms with Gasteiger partial charge in [0.05, 0.1) is 0 Å². The second-order valence-corrected chi connectivity index (χ2v) is 8.04. The number of carboxylic acids is 2. The Morgan fingerprint density at radius 1 is 0.742 bits per heavy atom. The van der Waals surface area contributed by atoms with Crippen LogP contribution in [0.3, 0.4) is 0 Å². The number of carboxylic acid groups (broad SMARTS) is 2. The highest BCUT2D eigenvalue weighted by Gasteiger charge is 2.18. The van der Waals surface area contributed by atoms with E-state index in [0.717, 1.165) is 44.9 Å². The van der Waals surface area contributed by atoms with E-state index in [-0.39, 0.29) is 18.9 Å². The molecule has 3 N–H and O–H groups in total. The van der Waals surface area contributed by atoms with Crippen LogP contribution in [-0.2, 0) is 14.4 Å². The van der Waals surface area contributed by atoms with Gasteiger partial charge in [0.25, 0.3) is 0 Å². The van der Waals surface area contributed by atoms with Crippen molar-refractivity contribution in [3.05, 3.63) is 10.4 Å². The Balaban J connectivity index is 3.43. The lowest BCUT2D eigenvalue weighted by atomic mass is 10.0. The van der Waals surface area contributed by atoms with Crippen LogP contribution in [0.15, 0.2) is 5.11 Å². The van der Waals surface area contributed by atoms with Gasteiger partial charge in [0.2, 0.25) is 5.91 Å². The van der Waals surface area contributed by atoms with E-state index in [1.165, 1.54) is 44.9 Å². The first-order valence-corrected chi connectivity index (χ1v) is 11.7. The number of rotatable bonds is 22. The van der Waals surface area contributed by atoms with Crippen molar-refractivity contribution in [3.63, 3.8) is 0 Å². The zero-order valence-electron chi connectivity index (χ0n) is 18.8. The van der Waals surface area contributed by atoms with Gasteiger partial charge in [-0.1, -0.05) is 82.2 Å². The average Bonchev–Trinajstić information content (AvgIpc) is 2.72. The topological polar surface area (TPSA) is 152 Å². The van der Waals surface area contributed by atoms with Crippen LogP contribution in [0.2, 0.25) is 0 Å². The molecule has 0 fully saturated rings. The number of nitrogens with one attached hydrogen (secondary N) is 1. The van der Waals surface area contributed by atoms with Crippen molar-refractivity contribution in [2.24, 2.45) is 5.11 Å². The molecule has 31 heavy (non-hydrogen) atoms. The Labute approximate surface area is 185 Å². The largest absolute Gasteiger partial charge is 0.481 e. The second-order valence-electron chi connectivity index (χ2n) is 8.04. The van der Waals surface area contributed by atoms with E-state index < -0.39 is 18.0 Å². The van der Waals surface area contributed by atoms with Gasteiger partial charge in [-0.3, -0.25) is 9.59 Å². The molecule has 0 bridgehead atoms. The van der Waals surface area contributed by atoms with Crippen LogP contribution in [0, 0.1) is 0 Å². The van der Waals surface area contributed by atoms with Crippen molar-refractivity contribution in [1.82, 2.24) is 5.32 Å². The molecule has 0 rings (SSSR count). The molecule has 0 saturated heterocycles. The zero-order chi connectivity index (χ0) is 23.2. The van der Waals surface area contributed by atoms with Gasteiger partial charge in [0.1, 0.15) is 6.04 Å². The highest BCUT2D eigenvalue weighted by Crippen LogP contribution is 2.13. The van der Waals surface area contributed by atoms with Gasteiger partial charge in [0.15, 0.2) is 0 Å². The zero-order valence-corrected chi connectivity index (χ0v) is 18.8. The molecule has 178 valence electrons. The Morgan fingerprint density at radius 2 is 1.16 bits per heavy atom. The number of carbonyl (C=O) groups excluding carboxylic acids is 1. The van der Waals surface area contributed by atoms with E-state index >= 15 is 0 Å². The summed E-state index contributed by atoms with van der Waals surface area (Å²) in [5, 5.41) is 23.4. The molecule has 0 aromatic heterocycles. The van der Waals surface area contributed by atoms with Gasteiger partial charge < -0.3 is 15.5 Å². The molecule has 0 aliphatic carbocycles. The number of nitrogens with zero attached hydrogens (tertiary/aromatic N) is 3. The smallest absolute Gasteiger partial charge is 0.326 e. The molecule has 0 aliphatic heterocycles. The van der Waals surface area contributed by atoms with Gasteiger partial charge in [-0.15, -0.1) is 0 Å². The average molecular weight is 441 g/mol. The fourth-order valence-corrected chi connectivity index (χ4v) is 3.44. The fourth-order valence-electron chi connectivity index (χ4n) is 3.44. The van der Waals surface area contributed by atoms with Crippen molar-refractivity contribution in [3.8, 4) is 0 Å². The molecule has 0 spiro atoms. The first-order chi connectivity index (χ1) is 15.0. The molecule has 1 unspecified atom stereocenters. The van der Waals surface area contributed by atoms with Gasteiger partial charge >= 0.3 is 11.9 Å². The summed E-state index contributed by atoms with van der Waals surface area (Å²) in [7, 11) is 0. The van der Waals surface area contributed by atoms with E-state index in [1.807, 2.05) is 0 Å². The fraction of sp³-hybridized carbons (Fsp3) is 0.864. The standard InChI is InChI=1S/C22H40N4O5/c23-26-24-18-17-19(22(30)31)25-20(27)15-13-11-9-7-5-3-1-2-4-6-8-10-12-14-16-21(28)29/h19H,1-18H2,(H,25,27)(H,28,29)(H,30,31). The lowest BCUT2D eigenvalue weighted by molar-refractivity contribution is -0.142. The first-order valence-electron chi connectivity index (χ1n) is 11.7. The number of unbranched alkanes of at least 4 members (excludes halogenated alkanes) is 13. The van der Waals surface area contributed by atoms with Crippen molar-refractivity contribution >= 4 is 17.8 Å². The number of amides is 1. The summed E-state index contributed by atoms with van der Waals surface area (Å²) < 4.78 is 0. The van der Waals surface area contributed by atoms with Crippen LogP contribution in [0.5, 0.6) is 0 Å². The van der Waals surface area contributed by atoms with Crippen molar-refractivity contribution < 1.29 is 24.6 Å². The maximum absolute atomic E-state index is 11.9. The number of hydrogen-bond donors (Lipinski definition) is 3. The van der Waals surface area contributed by atoms with Crippen LogP contribution in [0.25, 0.3) is 10.4 Å². The van der Waals surface area contributed by atoms with Gasteiger partial charge in [0, 0.05) is 24.3 Å². The molecule has 9 nitrogen and oxygen atoms in total. The van der Waals surface area contributed by atoms with E-state index in [4.69, 9.17) is 15.7 Å². The number of azide groups is 1. The monoisotopic (exact) mass is 440 g/mol. The molecule has 0 aromatic carbocycles. The minimum absolute atomic E-state index is 0.0440. The summed E-state index contributed by atoms with van der Waals surface area (Å²) in [5.41, 5.74) is 8.22. The molecule has 0 saturated carbocycles. The van der Waals surface area contributed by atoms with Gasteiger partial charge in [-0.05, 0) is 24.8 Å². The van der Waals surface area contributed by atoms with E-state index in [0.29, 0.717) is 12.8 Å². The molecular weight excluding hydrogens is 400 g/mol. The number of hydrogen-bond acceptors (Lipinski definition) is 4. The molecular formula is C22H40N4O5. The molecule has 9 heteroatoms. The van der Waals surface area contributed by atoms with Crippen molar-refractivity contribution in [1.29, 1.82) is 0 Å². The van der Waals surface area contributed by atoms with Gasteiger partial charge in [-0.2, -0.15) is 0 Å². The van der Waals surface area contributed by atoms with E-state index in [9.17, 15) is 14.4 Å². The molecule has 0 aliphatic rings. The lowest BCUT2D eigenvalue weighted by Gasteiger charge is -2.13. The third-order valence-electron chi connectivity index (χ3n) is 5.26. The Bertz CT molecular complexity index is 550. The van der Waals surface area contributed by atoms with Gasteiger partial charge in [-0.25, -0.2) is 4.79 Å². The highest BCUT2D eigenvalue weighted by molar-refractivity contribution is 5.83. The molecule has 0 radical (unpaired) electrons. The second kappa shape index (κ2) is 21.0. The predicted octanol–water partition coefficient (Wildman–Crippen LogP) is 5.58. The SMILES string of the molecule is [N-]=[N+]=NCCC(NC(=O)CCCCCCCCCCCCCCCCC(=O)O)C(=O)O. The quantitative estimate of drug-likeness (QED) is 0.0867. The Kier molecular flexibility index (Phi) is 19.4. The maximum Gasteiger partial charge on any atom is 0.326 e. The summed E-state index contributed by atoms with van der Waals surface area (Å²) in [6.07, 6.45) is 16.3. The van der Waals surface area contributed by atoms with Crippen molar-refractivity contribution in [2.75, 3.05) is 6.54 Å². The summed E-state index contributed by atoms with van der Waals surface area (Å²) >= 11 is 0. The number of aliphatic carboxylic acids is 2. The summed E-state index contributed by atoms with van der Waals surface area (Å²) in [5.74, 6) is -2.08. The lowest BCUT2D eigenvalue weighted by Crippen LogP contribution is -2.41. The predicted molar refractivity (Wildman–Crippen MR) is 120 cm³/mol. The third kappa shape index (κ3) is 20.8. The summed E-state index contributed by atoms with van der Waals surface area (Å²) in [4.78, 5) is 35.9. The van der Waals surface area contributed by atoms with Crippen LogP contribution in [0.1, 0.15) is 109 Å². The number of carbonyl (C=O) groups is 3. The first kappa shape index (κ1) is 28.7. The minimum Gasteiger partial charge on any atom is -0.481 e. The Morgan fingerprint density at radius 3 is 1.55 bits per heavy atom. The third-order valence-corrected chi connectivity index (χ3v) is 5.26. The van der Waals surface area contributed by atoms with E-state index in [2.05, 4.69) is 15.3 Å². The molecule has 0 aromatic rings. The highest BCUT2D eigenvalue weighted by atomic mass is 16.4. The molecule has 1 atom stereocenters. The summed E-state index contributed by atoms with van der Waals surface area (Å²) in [6, 6.07) is -1.00. The van der Waals surface area contributed by atoms with Crippen LogP contribution >= 0.6 is 0 Å². The minimum atomic E-state index is -1.11. The van der Waals surface area contributed by atoms with Crippen LogP contribution in [-0.4, -0.2) is 40.6 Å². The van der Waals surface area contributed by atoms with Crippen molar-refractivity contribution in [2.45, 2.75) is 115 Å². The Hall–Kier alpha value is -2.28.